The van der Waals surface area contributed by atoms with Crippen molar-refractivity contribution in [2.75, 3.05) is 0 Å². The highest BCUT2D eigenvalue weighted by Gasteiger charge is 2.10. The highest BCUT2D eigenvalue weighted by molar-refractivity contribution is 5.86. The predicted octanol–water partition coefficient (Wildman–Crippen LogP) is 8.05. The van der Waals surface area contributed by atoms with Crippen molar-refractivity contribution in [3.05, 3.63) is 118 Å². The first-order chi connectivity index (χ1) is 18.0. The van der Waals surface area contributed by atoms with Crippen LogP contribution in [0.3, 0.4) is 0 Å². The molecule has 0 atom stereocenters. The SMILES string of the molecule is CCCCCCc1ccc(C#Cc2ccc3c(F)c(C#Cc4cc(F)c(C#N)c(F)c4)ccc3c2)cc1. The Morgan fingerprint density at radius 1 is 0.676 bits per heavy atom. The number of halogens is 3. The molecule has 37 heavy (non-hydrogen) atoms. The molecule has 0 amide bonds. The van der Waals surface area contributed by atoms with Crippen LogP contribution in [0.4, 0.5) is 13.2 Å². The molecule has 4 heteroatoms. The Hall–Kier alpha value is -4.46. The molecule has 0 saturated heterocycles. The van der Waals surface area contributed by atoms with Crippen LogP contribution in [0.5, 0.6) is 0 Å². The monoisotopic (exact) mass is 491 g/mol. The molecule has 0 aromatic heterocycles. The van der Waals surface area contributed by atoms with E-state index in [1.165, 1.54) is 43.4 Å². The number of benzene rings is 4. The van der Waals surface area contributed by atoms with Crippen molar-refractivity contribution in [1.29, 1.82) is 5.26 Å². The molecule has 0 aliphatic heterocycles. The fourth-order valence-electron chi connectivity index (χ4n) is 4.01. The minimum Gasteiger partial charge on any atom is -0.205 e. The van der Waals surface area contributed by atoms with Crippen LogP contribution in [0, 0.1) is 52.5 Å². The molecule has 4 aromatic rings. The lowest BCUT2D eigenvalue weighted by Crippen LogP contribution is -1.92. The number of nitriles is 1. The van der Waals surface area contributed by atoms with Crippen LogP contribution in [-0.2, 0) is 6.42 Å². The summed E-state index contributed by atoms with van der Waals surface area (Å²) in [5, 5.41) is 9.82. The summed E-state index contributed by atoms with van der Waals surface area (Å²) in [6, 6.07) is 20.2. The Balaban J connectivity index is 1.51. The molecule has 1 nitrogen and oxygen atoms in total. The highest BCUT2D eigenvalue weighted by Crippen LogP contribution is 2.22. The van der Waals surface area contributed by atoms with Gasteiger partial charge in [-0.15, -0.1) is 0 Å². The molecule has 0 aliphatic rings. The minimum atomic E-state index is -1.00. The Labute approximate surface area is 215 Å². The zero-order chi connectivity index (χ0) is 26.2. The first-order valence-electron chi connectivity index (χ1n) is 12.2. The first kappa shape index (κ1) is 25.6. The molecule has 182 valence electrons. The average molecular weight is 492 g/mol. The summed E-state index contributed by atoms with van der Waals surface area (Å²) in [5.74, 6) is 8.98. The summed E-state index contributed by atoms with van der Waals surface area (Å²) in [7, 11) is 0. The van der Waals surface area contributed by atoms with E-state index in [2.05, 4.69) is 42.7 Å². The Morgan fingerprint density at radius 3 is 2.05 bits per heavy atom. The summed E-state index contributed by atoms with van der Waals surface area (Å²) in [4.78, 5) is 0. The fourth-order valence-corrected chi connectivity index (χ4v) is 4.01. The van der Waals surface area contributed by atoms with Crippen molar-refractivity contribution in [2.24, 2.45) is 0 Å². The fraction of sp³-hybridized carbons (Fsp3) is 0.182. The zero-order valence-electron chi connectivity index (χ0n) is 20.5. The van der Waals surface area contributed by atoms with Gasteiger partial charge in [-0.05, 0) is 66.3 Å². The second-order valence-corrected chi connectivity index (χ2v) is 8.80. The van der Waals surface area contributed by atoms with E-state index in [-0.39, 0.29) is 11.1 Å². The van der Waals surface area contributed by atoms with Gasteiger partial charge < -0.3 is 0 Å². The molecular weight excluding hydrogens is 467 g/mol. The summed E-state index contributed by atoms with van der Waals surface area (Å²) < 4.78 is 42.7. The van der Waals surface area contributed by atoms with E-state index in [4.69, 9.17) is 5.26 Å². The number of aryl methyl sites for hydroxylation is 1. The molecule has 0 bridgehead atoms. The van der Waals surface area contributed by atoms with E-state index in [0.717, 1.165) is 29.7 Å². The number of rotatable bonds is 5. The lowest BCUT2D eigenvalue weighted by Gasteiger charge is -2.03. The van der Waals surface area contributed by atoms with Crippen LogP contribution in [0.2, 0.25) is 0 Å². The van der Waals surface area contributed by atoms with E-state index in [0.29, 0.717) is 10.8 Å². The van der Waals surface area contributed by atoms with Gasteiger partial charge in [-0.25, -0.2) is 13.2 Å². The molecule has 0 fully saturated rings. The average Bonchev–Trinajstić information content (AvgIpc) is 2.90. The van der Waals surface area contributed by atoms with Crippen LogP contribution in [0.1, 0.15) is 66.0 Å². The number of nitrogens with zero attached hydrogens (tertiary/aromatic N) is 1. The molecule has 0 saturated carbocycles. The van der Waals surface area contributed by atoms with Gasteiger partial charge in [0.15, 0.2) is 0 Å². The topological polar surface area (TPSA) is 23.8 Å². The van der Waals surface area contributed by atoms with Gasteiger partial charge in [-0.3, -0.25) is 0 Å². The standard InChI is InChI=1S/C33H24F3N/c1-2-3-4-5-6-23-7-9-24(10-8-23)11-12-25-14-18-29-28(19-25)17-16-27(33(29)36)15-13-26-20-31(34)30(22-37)32(35)21-26/h7-10,14,16-21H,2-6H2,1H3. The highest BCUT2D eigenvalue weighted by atomic mass is 19.1. The van der Waals surface area contributed by atoms with E-state index in [9.17, 15) is 8.78 Å². The smallest absolute Gasteiger partial charge is 0.146 e. The molecule has 4 rings (SSSR count). The molecular formula is C33H24F3N. The summed E-state index contributed by atoms with van der Waals surface area (Å²) >= 11 is 0. The van der Waals surface area contributed by atoms with Crippen LogP contribution in [0.25, 0.3) is 10.8 Å². The van der Waals surface area contributed by atoms with Gasteiger partial charge in [0, 0.05) is 22.1 Å². The van der Waals surface area contributed by atoms with Gasteiger partial charge >= 0.3 is 0 Å². The van der Waals surface area contributed by atoms with Crippen LogP contribution in [-0.4, -0.2) is 0 Å². The van der Waals surface area contributed by atoms with Crippen molar-refractivity contribution in [2.45, 2.75) is 39.0 Å². The van der Waals surface area contributed by atoms with Gasteiger partial charge in [0.2, 0.25) is 0 Å². The van der Waals surface area contributed by atoms with Gasteiger partial charge in [0.25, 0.3) is 0 Å². The molecule has 0 heterocycles. The maximum atomic E-state index is 15.1. The molecule has 0 N–H and O–H groups in total. The van der Waals surface area contributed by atoms with Crippen LogP contribution >= 0.6 is 0 Å². The van der Waals surface area contributed by atoms with Gasteiger partial charge in [-0.2, -0.15) is 5.26 Å². The van der Waals surface area contributed by atoms with Crippen molar-refractivity contribution >= 4 is 10.8 Å². The predicted molar refractivity (Wildman–Crippen MR) is 141 cm³/mol. The molecule has 0 radical (unpaired) electrons. The summed E-state index contributed by atoms with van der Waals surface area (Å²) in [6.07, 6.45) is 6.04. The minimum absolute atomic E-state index is 0.0173. The van der Waals surface area contributed by atoms with E-state index in [1.807, 2.05) is 18.2 Å². The van der Waals surface area contributed by atoms with Gasteiger partial charge in [0.1, 0.15) is 29.1 Å². The van der Waals surface area contributed by atoms with E-state index in [1.54, 1.807) is 18.2 Å². The van der Waals surface area contributed by atoms with E-state index < -0.39 is 23.0 Å². The summed E-state index contributed by atoms with van der Waals surface area (Å²) in [6.45, 7) is 2.21. The molecule has 4 aromatic carbocycles. The lowest BCUT2D eigenvalue weighted by atomic mass is 10.0. The van der Waals surface area contributed by atoms with Crippen molar-refractivity contribution in [1.82, 2.24) is 0 Å². The largest absolute Gasteiger partial charge is 0.205 e. The number of hydrogen-bond acceptors (Lipinski definition) is 1. The van der Waals surface area contributed by atoms with Crippen molar-refractivity contribution in [3.63, 3.8) is 0 Å². The first-order valence-corrected chi connectivity index (χ1v) is 12.2. The zero-order valence-corrected chi connectivity index (χ0v) is 20.5. The lowest BCUT2D eigenvalue weighted by molar-refractivity contribution is 0.576. The maximum absolute atomic E-state index is 15.1. The maximum Gasteiger partial charge on any atom is 0.146 e. The van der Waals surface area contributed by atoms with Crippen molar-refractivity contribution < 1.29 is 13.2 Å². The Bertz CT molecular complexity index is 1580. The summed E-state index contributed by atoms with van der Waals surface area (Å²) in [5.41, 5.74) is 2.45. The molecule has 0 spiro atoms. The second-order valence-electron chi connectivity index (χ2n) is 8.80. The van der Waals surface area contributed by atoms with Gasteiger partial charge in [0.05, 0.1) is 5.56 Å². The number of hydrogen-bond donors (Lipinski definition) is 0. The third kappa shape index (κ3) is 6.41. The quantitative estimate of drug-likeness (QED) is 0.205. The number of unbranched alkanes of at least 4 members (excludes halogenated alkanes) is 3. The van der Waals surface area contributed by atoms with Crippen LogP contribution in [0.15, 0.2) is 66.7 Å². The van der Waals surface area contributed by atoms with Gasteiger partial charge in [-0.1, -0.05) is 74.1 Å². The molecule has 0 aliphatic carbocycles. The Kier molecular flexibility index (Phi) is 8.30. The Morgan fingerprint density at radius 2 is 1.35 bits per heavy atom. The third-order valence-corrected chi connectivity index (χ3v) is 6.07. The normalized spacial score (nSPS) is 10.2. The molecule has 0 unspecified atom stereocenters. The van der Waals surface area contributed by atoms with E-state index >= 15 is 4.39 Å². The van der Waals surface area contributed by atoms with Crippen molar-refractivity contribution in [3.8, 4) is 29.8 Å². The second kappa shape index (κ2) is 12.0. The third-order valence-electron chi connectivity index (χ3n) is 6.07. The van der Waals surface area contributed by atoms with Crippen LogP contribution < -0.4 is 0 Å². The number of fused-ring (bicyclic) bond motifs is 1.